The minimum absolute atomic E-state index is 0.146. The van der Waals surface area contributed by atoms with Crippen LogP contribution in [0, 0.1) is 6.92 Å². The van der Waals surface area contributed by atoms with Crippen molar-refractivity contribution in [2.75, 3.05) is 0 Å². The molecule has 0 aliphatic rings. The highest BCUT2D eigenvalue weighted by molar-refractivity contribution is 7.97. The molecule has 1 aromatic heterocycles. The van der Waals surface area contributed by atoms with Crippen molar-refractivity contribution < 1.29 is 0 Å². The predicted molar refractivity (Wildman–Crippen MR) is 128 cm³/mol. The molecule has 0 N–H and O–H groups in total. The van der Waals surface area contributed by atoms with Gasteiger partial charge in [0.25, 0.3) is 0 Å². The summed E-state index contributed by atoms with van der Waals surface area (Å²) in [4.78, 5) is 5.46. The van der Waals surface area contributed by atoms with Crippen LogP contribution in [-0.2, 0) is 16.3 Å². The molecule has 0 saturated heterocycles. The van der Waals surface area contributed by atoms with Crippen molar-refractivity contribution in [3.05, 3.63) is 101 Å². The van der Waals surface area contributed by atoms with E-state index < -0.39 is 0 Å². The topological polar surface area (TPSA) is 0 Å². The van der Waals surface area contributed by atoms with Gasteiger partial charge in [0.1, 0.15) is 0 Å². The summed E-state index contributed by atoms with van der Waals surface area (Å²) in [5.74, 6) is 0. The van der Waals surface area contributed by atoms with Gasteiger partial charge in [-0.15, -0.1) is 11.3 Å². The Labute approximate surface area is 181 Å². The molecule has 0 fully saturated rings. The third-order valence-electron chi connectivity index (χ3n) is 5.04. The fourth-order valence-corrected chi connectivity index (χ4v) is 6.69. The smallest absolute Gasteiger partial charge is 0.143 e. The lowest BCUT2D eigenvalue weighted by Gasteiger charge is -2.19. The summed E-state index contributed by atoms with van der Waals surface area (Å²) in [6.45, 7) is 8.99. The van der Waals surface area contributed by atoms with E-state index in [2.05, 4.69) is 118 Å². The number of benzene rings is 3. The van der Waals surface area contributed by atoms with Crippen LogP contribution in [-0.4, -0.2) is 0 Å². The summed E-state index contributed by atoms with van der Waals surface area (Å²) >= 11 is 1.83. The second-order valence-corrected chi connectivity index (χ2v) is 11.3. The Bertz CT molecular complexity index is 1080. The summed E-state index contributed by atoms with van der Waals surface area (Å²) in [7, 11) is -0.146. The molecule has 4 rings (SSSR count). The molecule has 1 unspecified atom stereocenters. The van der Waals surface area contributed by atoms with Gasteiger partial charge in [-0.3, -0.25) is 0 Å². The molecule has 0 aliphatic carbocycles. The predicted octanol–water partition coefficient (Wildman–Crippen LogP) is 8.12. The van der Waals surface area contributed by atoms with Crippen molar-refractivity contribution >= 4 is 22.2 Å². The van der Waals surface area contributed by atoms with Crippen molar-refractivity contribution in [3.63, 3.8) is 0 Å². The van der Waals surface area contributed by atoms with E-state index in [1.54, 1.807) is 0 Å². The normalized spacial score (nSPS) is 12.7. The lowest BCUT2D eigenvalue weighted by molar-refractivity contribution is 0.589. The summed E-state index contributed by atoms with van der Waals surface area (Å²) in [6, 6.07) is 31.4. The zero-order chi connectivity index (χ0) is 20.4. The Kier molecular flexibility index (Phi) is 5.67. The lowest BCUT2D eigenvalue weighted by Crippen LogP contribution is -2.12. The molecule has 1 heterocycles. The van der Waals surface area contributed by atoms with Crippen LogP contribution in [0.1, 0.15) is 31.9 Å². The average Bonchev–Trinajstić information content (AvgIpc) is 3.15. The van der Waals surface area contributed by atoms with Crippen molar-refractivity contribution in [1.29, 1.82) is 0 Å². The maximum Gasteiger partial charge on any atom is 0.175 e. The SMILES string of the molecule is Cc1csc(-c2ccccc2[S+](c2ccccc2)c2ccc(C(C)(C)C)cc2)c1. The molecule has 1 atom stereocenters. The molecule has 3 aromatic carbocycles. The Morgan fingerprint density at radius 3 is 1.97 bits per heavy atom. The molecular weight excluding hydrogens is 388 g/mol. The molecular formula is C27H27S2+. The maximum absolute atomic E-state index is 2.33. The van der Waals surface area contributed by atoms with Gasteiger partial charge in [0.05, 0.1) is 10.9 Å². The van der Waals surface area contributed by atoms with E-state index in [1.165, 1.54) is 36.3 Å². The van der Waals surface area contributed by atoms with Crippen LogP contribution in [0.25, 0.3) is 10.4 Å². The van der Waals surface area contributed by atoms with E-state index in [1.807, 2.05) is 11.3 Å². The number of hydrogen-bond acceptors (Lipinski definition) is 1. The zero-order valence-corrected chi connectivity index (χ0v) is 19.1. The number of rotatable bonds is 4. The summed E-state index contributed by atoms with van der Waals surface area (Å²) in [6.07, 6.45) is 0. The maximum atomic E-state index is 2.33. The van der Waals surface area contributed by atoms with E-state index in [4.69, 9.17) is 0 Å². The van der Waals surface area contributed by atoms with Crippen LogP contribution in [0.2, 0.25) is 0 Å². The first-order valence-corrected chi connectivity index (χ1v) is 12.1. The van der Waals surface area contributed by atoms with Gasteiger partial charge >= 0.3 is 0 Å². The van der Waals surface area contributed by atoms with E-state index in [9.17, 15) is 0 Å². The molecule has 4 aromatic rings. The highest BCUT2D eigenvalue weighted by Crippen LogP contribution is 2.39. The van der Waals surface area contributed by atoms with Crippen molar-refractivity contribution in [3.8, 4) is 10.4 Å². The fourth-order valence-electron chi connectivity index (χ4n) is 3.46. The van der Waals surface area contributed by atoms with E-state index in [0.717, 1.165) is 0 Å². The molecule has 0 amide bonds. The summed E-state index contributed by atoms with van der Waals surface area (Å²) < 4.78 is 0. The third-order valence-corrected chi connectivity index (χ3v) is 8.40. The van der Waals surface area contributed by atoms with Gasteiger partial charge in [-0.25, -0.2) is 0 Å². The number of aryl methyl sites for hydroxylation is 1. The van der Waals surface area contributed by atoms with E-state index in [0.29, 0.717) is 0 Å². The molecule has 29 heavy (non-hydrogen) atoms. The van der Waals surface area contributed by atoms with E-state index >= 15 is 0 Å². The highest BCUT2D eigenvalue weighted by atomic mass is 32.2. The number of thiophene rings is 1. The van der Waals surface area contributed by atoms with Crippen LogP contribution in [0.15, 0.2) is 105 Å². The highest BCUT2D eigenvalue weighted by Gasteiger charge is 2.32. The van der Waals surface area contributed by atoms with Gasteiger partial charge in [0.2, 0.25) is 0 Å². The van der Waals surface area contributed by atoms with Crippen molar-refractivity contribution in [1.82, 2.24) is 0 Å². The third kappa shape index (κ3) is 4.34. The molecule has 0 aliphatic heterocycles. The second kappa shape index (κ2) is 8.22. The van der Waals surface area contributed by atoms with Gasteiger partial charge in [0, 0.05) is 10.4 Å². The zero-order valence-electron chi connectivity index (χ0n) is 17.5. The Balaban J connectivity index is 1.88. The van der Waals surface area contributed by atoms with Crippen molar-refractivity contribution in [2.24, 2.45) is 0 Å². The summed E-state index contributed by atoms with van der Waals surface area (Å²) in [5, 5.41) is 2.24. The van der Waals surface area contributed by atoms with Gasteiger partial charge < -0.3 is 0 Å². The first-order chi connectivity index (χ1) is 13.9. The molecule has 0 radical (unpaired) electrons. The fraction of sp³-hybridized carbons (Fsp3) is 0.185. The van der Waals surface area contributed by atoms with Crippen LogP contribution in [0.3, 0.4) is 0 Å². The first-order valence-electron chi connectivity index (χ1n) is 9.98. The standard InChI is InChI=1S/C27H27S2/c1-20-18-25(28-19-20)24-12-8-9-13-26(24)29(22-10-6-5-7-11-22)23-16-14-21(15-17-23)27(2,3)4/h5-19H,1-4H3/q+1. The minimum Gasteiger partial charge on any atom is -0.143 e. The molecule has 0 saturated carbocycles. The Hall–Kier alpha value is -2.29. The largest absolute Gasteiger partial charge is 0.175 e. The van der Waals surface area contributed by atoms with Crippen LogP contribution < -0.4 is 0 Å². The van der Waals surface area contributed by atoms with Gasteiger partial charge in [-0.05, 0) is 71.3 Å². The molecule has 2 heteroatoms. The second-order valence-electron chi connectivity index (χ2n) is 8.38. The molecule has 0 spiro atoms. The molecule has 0 nitrogen and oxygen atoms in total. The average molecular weight is 416 g/mol. The van der Waals surface area contributed by atoms with E-state index in [-0.39, 0.29) is 16.3 Å². The Morgan fingerprint density at radius 1 is 0.724 bits per heavy atom. The van der Waals surface area contributed by atoms with Gasteiger partial charge in [-0.1, -0.05) is 63.2 Å². The quantitative estimate of drug-likeness (QED) is 0.295. The number of hydrogen-bond donors (Lipinski definition) is 0. The molecule has 146 valence electrons. The van der Waals surface area contributed by atoms with Gasteiger partial charge in [-0.2, -0.15) is 0 Å². The van der Waals surface area contributed by atoms with Crippen LogP contribution in [0.5, 0.6) is 0 Å². The molecule has 0 bridgehead atoms. The van der Waals surface area contributed by atoms with Gasteiger partial charge in [0.15, 0.2) is 14.7 Å². The van der Waals surface area contributed by atoms with Crippen LogP contribution >= 0.6 is 11.3 Å². The Morgan fingerprint density at radius 2 is 1.34 bits per heavy atom. The lowest BCUT2D eigenvalue weighted by atomic mass is 9.87. The van der Waals surface area contributed by atoms with Crippen molar-refractivity contribution in [2.45, 2.75) is 47.8 Å². The minimum atomic E-state index is -0.146. The summed E-state index contributed by atoms with van der Waals surface area (Å²) in [5.41, 5.74) is 4.21. The van der Waals surface area contributed by atoms with Crippen LogP contribution in [0.4, 0.5) is 0 Å². The monoisotopic (exact) mass is 415 g/mol. The first kappa shape index (κ1) is 20.0.